The largest absolute Gasteiger partial charge is 0.492 e. The number of unbranched alkanes of at least 4 members (excludes halogenated alkanes) is 1. The van der Waals surface area contributed by atoms with Gasteiger partial charge >= 0.3 is 0 Å². The van der Waals surface area contributed by atoms with Crippen LogP contribution < -0.4 is 16.2 Å². The van der Waals surface area contributed by atoms with Crippen LogP contribution in [0.2, 0.25) is 0 Å². The predicted molar refractivity (Wildman–Crippen MR) is 88.4 cm³/mol. The molecule has 0 spiro atoms. The van der Waals surface area contributed by atoms with Gasteiger partial charge in [-0.25, -0.2) is 0 Å². The Kier molecular flexibility index (Phi) is 7.71. The summed E-state index contributed by atoms with van der Waals surface area (Å²) in [4.78, 5) is 13.4. The third-order valence-electron chi connectivity index (χ3n) is 3.00. The Morgan fingerprint density at radius 3 is 2.71 bits per heavy atom. The molecule has 1 aromatic carbocycles. The number of carbonyl (C=O) groups is 1. The standard InChI is InChI=1S/C15H23N3O2S/c1-2-3-7-18(11-14(16)19)8-9-20-13-6-4-5-12(10-13)15(17)21/h4-6,10H,2-3,7-9,11H2,1H3,(H2,16,19)(H2,17,21). The van der Waals surface area contributed by atoms with Crippen LogP contribution in [-0.4, -0.2) is 42.0 Å². The highest BCUT2D eigenvalue weighted by atomic mass is 32.1. The van der Waals surface area contributed by atoms with E-state index in [0.29, 0.717) is 18.1 Å². The molecule has 0 aliphatic heterocycles. The number of nitrogens with zero attached hydrogens (tertiary/aromatic N) is 1. The number of thiocarbonyl (C=S) groups is 1. The summed E-state index contributed by atoms with van der Waals surface area (Å²) >= 11 is 4.93. The second-order valence-electron chi connectivity index (χ2n) is 4.84. The average molecular weight is 309 g/mol. The van der Waals surface area contributed by atoms with Gasteiger partial charge in [-0.15, -0.1) is 0 Å². The Morgan fingerprint density at radius 2 is 2.10 bits per heavy atom. The zero-order valence-electron chi connectivity index (χ0n) is 12.4. The highest BCUT2D eigenvalue weighted by Gasteiger charge is 2.08. The summed E-state index contributed by atoms with van der Waals surface area (Å²) in [6.07, 6.45) is 2.11. The number of hydrogen-bond acceptors (Lipinski definition) is 4. The third-order valence-corrected chi connectivity index (χ3v) is 3.24. The second kappa shape index (κ2) is 9.31. The van der Waals surface area contributed by atoms with E-state index in [4.69, 9.17) is 28.4 Å². The summed E-state index contributed by atoms with van der Waals surface area (Å²) in [5.74, 6) is 0.399. The lowest BCUT2D eigenvalue weighted by atomic mass is 10.2. The first-order valence-electron chi connectivity index (χ1n) is 7.06. The molecule has 0 fully saturated rings. The number of benzene rings is 1. The number of hydrogen-bond donors (Lipinski definition) is 2. The molecule has 1 amide bonds. The Bertz CT molecular complexity index is 480. The summed E-state index contributed by atoms with van der Waals surface area (Å²) in [5.41, 5.74) is 11.6. The molecule has 0 radical (unpaired) electrons. The van der Waals surface area contributed by atoms with E-state index in [1.165, 1.54) is 0 Å². The average Bonchev–Trinajstić information content (AvgIpc) is 2.44. The molecule has 5 nitrogen and oxygen atoms in total. The number of carbonyl (C=O) groups excluding carboxylic acids is 1. The molecule has 116 valence electrons. The molecule has 0 heterocycles. The van der Waals surface area contributed by atoms with Crippen LogP contribution in [0.3, 0.4) is 0 Å². The van der Waals surface area contributed by atoms with Gasteiger partial charge in [0.05, 0.1) is 6.54 Å². The first-order valence-corrected chi connectivity index (χ1v) is 7.47. The van der Waals surface area contributed by atoms with E-state index in [1.54, 1.807) is 0 Å². The van der Waals surface area contributed by atoms with E-state index >= 15 is 0 Å². The quantitative estimate of drug-likeness (QED) is 0.636. The van der Waals surface area contributed by atoms with Crippen molar-refractivity contribution in [1.82, 2.24) is 4.90 Å². The van der Waals surface area contributed by atoms with Gasteiger partial charge in [-0.05, 0) is 25.1 Å². The molecular formula is C15H23N3O2S. The minimum absolute atomic E-state index is 0.260. The van der Waals surface area contributed by atoms with Crippen LogP contribution >= 0.6 is 12.2 Å². The van der Waals surface area contributed by atoms with Crippen molar-refractivity contribution in [3.63, 3.8) is 0 Å². The lowest BCUT2D eigenvalue weighted by Crippen LogP contribution is -2.37. The Labute approximate surface area is 131 Å². The molecule has 0 unspecified atom stereocenters. The van der Waals surface area contributed by atoms with Gasteiger partial charge in [-0.3, -0.25) is 9.69 Å². The maximum absolute atomic E-state index is 11.0. The van der Waals surface area contributed by atoms with Crippen LogP contribution in [0, 0.1) is 0 Å². The van der Waals surface area contributed by atoms with Crippen LogP contribution in [0.25, 0.3) is 0 Å². The first-order chi connectivity index (χ1) is 10.0. The normalized spacial score (nSPS) is 10.6. The first kappa shape index (κ1) is 17.4. The van der Waals surface area contributed by atoms with E-state index < -0.39 is 0 Å². The van der Waals surface area contributed by atoms with E-state index in [1.807, 2.05) is 29.2 Å². The molecule has 6 heteroatoms. The highest BCUT2D eigenvalue weighted by molar-refractivity contribution is 7.80. The van der Waals surface area contributed by atoms with Gasteiger partial charge in [-0.1, -0.05) is 37.7 Å². The molecular weight excluding hydrogens is 286 g/mol. The van der Waals surface area contributed by atoms with Crippen LogP contribution in [0.1, 0.15) is 25.3 Å². The van der Waals surface area contributed by atoms with Crippen molar-refractivity contribution < 1.29 is 9.53 Å². The summed E-state index contributed by atoms with van der Waals surface area (Å²) in [6.45, 7) is 4.35. The molecule has 0 aliphatic carbocycles. The molecule has 0 atom stereocenters. The summed E-state index contributed by atoms with van der Waals surface area (Å²) in [5, 5.41) is 0. The molecule has 0 saturated heterocycles. The zero-order valence-corrected chi connectivity index (χ0v) is 13.2. The smallest absolute Gasteiger partial charge is 0.231 e. The topological polar surface area (TPSA) is 81.6 Å². The molecule has 0 saturated carbocycles. The fourth-order valence-electron chi connectivity index (χ4n) is 1.90. The van der Waals surface area contributed by atoms with Crippen molar-refractivity contribution in [1.29, 1.82) is 0 Å². The Morgan fingerprint density at radius 1 is 1.33 bits per heavy atom. The fraction of sp³-hybridized carbons (Fsp3) is 0.467. The number of amides is 1. The third kappa shape index (κ3) is 7.06. The highest BCUT2D eigenvalue weighted by Crippen LogP contribution is 2.13. The summed E-state index contributed by atoms with van der Waals surface area (Å²) in [7, 11) is 0. The van der Waals surface area contributed by atoms with E-state index in [0.717, 1.165) is 30.7 Å². The molecule has 0 bridgehead atoms. The van der Waals surface area contributed by atoms with Crippen molar-refractivity contribution in [3.05, 3.63) is 29.8 Å². The number of nitrogens with two attached hydrogens (primary N) is 2. The minimum Gasteiger partial charge on any atom is -0.492 e. The zero-order chi connectivity index (χ0) is 15.7. The van der Waals surface area contributed by atoms with Crippen molar-refractivity contribution in [2.75, 3.05) is 26.2 Å². The van der Waals surface area contributed by atoms with Crippen molar-refractivity contribution >= 4 is 23.1 Å². The second-order valence-corrected chi connectivity index (χ2v) is 5.28. The van der Waals surface area contributed by atoms with Crippen molar-refractivity contribution in [3.8, 4) is 5.75 Å². The predicted octanol–water partition coefficient (Wildman–Crippen LogP) is 1.29. The minimum atomic E-state index is -0.318. The number of primary amides is 1. The fourth-order valence-corrected chi connectivity index (χ4v) is 2.03. The van der Waals surface area contributed by atoms with Gasteiger partial charge in [-0.2, -0.15) is 0 Å². The maximum atomic E-state index is 11.0. The molecule has 1 aromatic rings. The molecule has 21 heavy (non-hydrogen) atoms. The van der Waals surface area contributed by atoms with E-state index in [-0.39, 0.29) is 12.5 Å². The van der Waals surface area contributed by atoms with Gasteiger partial charge in [0.1, 0.15) is 17.3 Å². The maximum Gasteiger partial charge on any atom is 0.231 e. The van der Waals surface area contributed by atoms with Gasteiger partial charge in [0.15, 0.2) is 0 Å². The Hall–Kier alpha value is -1.66. The van der Waals surface area contributed by atoms with Gasteiger partial charge in [0, 0.05) is 12.1 Å². The SMILES string of the molecule is CCCCN(CCOc1cccc(C(N)=S)c1)CC(N)=O. The van der Waals surface area contributed by atoms with Gasteiger partial charge in [0.2, 0.25) is 5.91 Å². The number of rotatable bonds is 10. The van der Waals surface area contributed by atoms with Crippen LogP contribution in [0.4, 0.5) is 0 Å². The lowest BCUT2D eigenvalue weighted by Gasteiger charge is -2.20. The van der Waals surface area contributed by atoms with E-state index in [9.17, 15) is 4.79 Å². The van der Waals surface area contributed by atoms with Crippen LogP contribution in [0.15, 0.2) is 24.3 Å². The molecule has 4 N–H and O–H groups in total. The lowest BCUT2D eigenvalue weighted by molar-refractivity contribution is -0.119. The van der Waals surface area contributed by atoms with Crippen LogP contribution in [0.5, 0.6) is 5.75 Å². The van der Waals surface area contributed by atoms with Crippen molar-refractivity contribution in [2.45, 2.75) is 19.8 Å². The van der Waals surface area contributed by atoms with E-state index in [2.05, 4.69) is 6.92 Å². The van der Waals surface area contributed by atoms with Gasteiger partial charge < -0.3 is 16.2 Å². The Balaban J connectivity index is 2.47. The molecule has 0 aliphatic rings. The molecule has 1 rings (SSSR count). The number of ether oxygens (including phenoxy) is 1. The van der Waals surface area contributed by atoms with Gasteiger partial charge in [0.25, 0.3) is 0 Å². The summed E-state index contributed by atoms with van der Waals surface area (Å²) in [6, 6.07) is 7.36. The monoisotopic (exact) mass is 309 g/mol. The van der Waals surface area contributed by atoms with Crippen LogP contribution in [-0.2, 0) is 4.79 Å². The van der Waals surface area contributed by atoms with Crippen molar-refractivity contribution in [2.24, 2.45) is 11.5 Å². The summed E-state index contributed by atoms with van der Waals surface area (Å²) < 4.78 is 5.68. The molecule has 0 aromatic heterocycles.